The van der Waals surface area contributed by atoms with Crippen molar-refractivity contribution in [2.75, 3.05) is 31.6 Å². The van der Waals surface area contributed by atoms with E-state index >= 15 is 0 Å². The number of nitrogens with zero attached hydrogens (tertiary/aromatic N) is 2. The topological polar surface area (TPSA) is 105 Å². The van der Waals surface area contributed by atoms with Crippen molar-refractivity contribution in [1.29, 1.82) is 0 Å². The second-order valence-corrected chi connectivity index (χ2v) is 12.1. The van der Waals surface area contributed by atoms with E-state index < -0.39 is 28.5 Å². The maximum atomic E-state index is 14.0. The number of sulfonamides is 1. The average Bonchev–Trinajstić information content (AvgIpc) is 2.99. The molecule has 0 radical (unpaired) electrons. The molecule has 3 rings (SSSR count). The van der Waals surface area contributed by atoms with E-state index in [4.69, 9.17) is 32.7 Å². The Balaban J connectivity index is 2.06. The molecule has 226 valence electrons. The van der Waals surface area contributed by atoms with E-state index in [1.165, 1.54) is 43.4 Å². The van der Waals surface area contributed by atoms with Crippen LogP contribution in [0.2, 0.25) is 10.0 Å². The highest BCUT2D eigenvalue weighted by Crippen LogP contribution is 2.34. The lowest BCUT2D eigenvalue weighted by Crippen LogP contribution is -2.51. The van der Waals surface area contributed by atoms with Gasteiger partial charge in [0.25, 0.3) is 10.0 Å². The van der Waals surface area contributed by atoms with Crippen LogP contribution in [-0.4, -0.2) is 58.5 Å². The lowest BCUT2D eigenvalue weighted by Gasteiger charge is -2.32. The molecule has 9 nitrogen and oxygen atoms in total. The molecule has 12 heteroatoms. The number of carbonyl (C=O) groups excluding carboxylic acids is 2. The highest BCUT2D eigenvalue weighted by molar-refractivity contribution is 7.92. The maximum absolute atomic E-state index is 14.0. The molecular weight excluding hydrogens is 601 g/mol. The van der Waals surface area contributed by atoms with Crippen molar-refractivity contribution in [2.45, 2.75) is 44.2 Å². The molecule has 0 aromatic heterocycles. The van der Waals surface area contributed by atoms with Gasteiger partial charge in [-0.15, -0.1) is 0 Å². The highest BCUT2D eigenvalue weighted by atomic mass is 35.5. The molecular formula is C30H35Cl2N3O6S. The van der Waals surface area contributed by atoms with Crippen LogP contribution in [0.15, 0.2) is 71.6 Å². The zero-order valence-corrected chi connectivity index (χ0v) is 26.3. The van der Waals surface area contributed by atoms with E-state index in [1.54, 1.807) is 49.4 Å². The molecule has 0 fully saturated rings. The number of benzene rings is 3. The summed E-state index contributed by atoms with van der Waals surface area (Å²) in [5, 5.41) is 3.49. The van der Waals surface area contributed by atoms with Gasteiger partial charge >= 0.3 is 0 Å². The minimum absolute atomic E-state index is 0.00558. The standard InChI is InChI=1S/C30H35Cl2N3O6S/c1-5-6-16-33-30(37)21(2)34(19-22-12-14-25(31)26(32)17-22)29(36)20-35(42(38,39)24-10-8-7-9-11-24)23-13-15-27(40-3)28(18-23)41-4/h7-15,17-18,21H,5-6,16,19-20H2,1-4H3,(H,33,37). The van der Waals surface area contributed by atoms with Gasteiger partial charge < -0.3 is 19.7 Å². The number of carbonyl (C=O) groups is 2. The van der Waals surface area contributed by atoms with Crippen LogP contribution >= 0.6 is 23.2 Å². The van der Waals surface area contributed by atoms with Gasteiger partial charge in [-0.3, -0.25) is 13.9 Å². The van der Waals surface area contributed by atoms with Crippen LogP contribution in [0.3, 0.4) is 0 Å². The molecule has 1 atom stereocenters. The van der Waals surface area contributed by atoms with Gasteiger partial charge in [0.15, 0.2) is 11.5 Å². The van der Waals surface area contributed by atoms with Crippen LogP contribution in [0, 0.1) is 0 Å². The Labute approximate surface area is 257 Å². The summed E-state index contributed by atoms with van der Waals surface area (Å²) in [5.41, 5.74) is 0.800. The molecule has 0 saturated carbocycles. The van der Waals surface area contributed by atoms with Gasteiger partial charge in [0.1, 0.15) is 12.6 Å². The van der Waals surface area contributed by atoms with Gasteiger partial charge in [-0.05, 0) is 55.3 Å². The molecule has 0 bridgehead atoms. The highest BCUT2D eigenvalue weighted by Gasteiger charge is 2.33. The third-order valence-corrected chi connectivity index (χ3v) is 9.13. The second-order valence-electron chi connectivity index (χ2n) is 9.45. The predicted molar refractivity (Wildman–Crippen MR) is 165 cm³/mol. The van der Waals surface area contributed by atoms with Crippen LogP contribution in [0.25, 0.3) is 0 Å². The summed E-state index contributed by atoms with van der Waals surface area (Å²) in [5.74, 6) is -0.288. The monoisotopic (exact) mass is 635 g/mol. The number of methoxy groups -OCH3 is 2. The fourth-order valence-corrected chi connectivity index (χ4v) is 5.93. The normalized spacial score (nSPS) is 11.9. The van der Waals surface area contributed by atoms with Crippen LogP contribution in [-0.2, 0) is 26.2 Å². The summed E-state index contributed by atoms with van der Waals surface area (Å²) in [6, 6.07) is 16.3. The maximum Gasteiger partial charge on any atom is 0.264 e. The molecule has 0 saturated heterocycles. The molecule has 0 spiro atoms. The lowest BCUT2D eigenvalue weighted by molar-refractivity contribution is -0.139. The number of hydrogen-bond donors (Lipinski definition) is 1. The predicted octanol–water partition coefficient (Wildman–Crippen LogP) is 5.54. The molecule has 0 aliphatic carbocycles. The van der Waals surface area contributed by atoms with E-state index in [1.807, 2.05) is 6.92 Å². The summed E-state index contributed by atoms with van der Waals surface area (Å²) in [4.78, 5) is 28.5. The number of amides is 2. The van der Waals surface area contributed by atoms with Gasteiger partial charge in [0.2, 0.25) is 11.8 Å². The minimum atomic E-state index is -4.23. The Hall–Kier alpha value is -3.47. The minimum Gasteiger partial charge on any atom is -0.493 e. The Kier molecular flexibility index (Phi) is 11.9. The fourth-order valence-electron chi connectivity index (χ4n) is 4.18. The van der Waals surface area contributed by atoms with E-state index in [9.17, 15) is 18.0 Å². The summed E-state index contributed by atoms with van der Waals surface area (Å²) in [6.45, 7) is 3.45. The number of hydrogen-bond acceptors (Lipinski definition) is 6. The Bertz CT molecular complexity index is 1490. The zero-order chi connectivity index (χ0) is 30.9. The van der Waals surface area contributed by atoms with Crippen molar-refractivity contribution >= 4 is 50.7 Å². The first-order valence-electron chi connectivity index (χ1n) is 13.3. The van der Waals surface area contributed by atoms with Crippen molar-refractivity contribution in [3.8, 4) is 11.5 Å². The third-order valence-electron chi connectivity index (χ3n) is 6.60. The van der Waals surface area contributed by atoms with Crippen LogP contribution in [0.5, 0.6) is 11.5 Å². The van der Waals surface area contributed by atoms with E-state index in [0.717, 1.165) is 17.1 Å². The first-order chi connectivity index (χ1) is 20.0. The molecule has 0 heterocycles. The molecule has 42 heavy (non-hydrogen) atoms. The molecule has 3 aromatic carbocycles. The third kappa shape index (κ3) is 8.08. The Morgan fingerprint density at radius 2 is 1.62 bits per heavy atom. The molecule has 1 unspecified atom stereocenters. The first-order valence-corrected chi connectivity index (χ1v) is 15.5. The second kappa shape index (κ2) is 15.1. The fraction of sp³-hybridized carbons (Fsp3) is 0.333. The van der Waals surface area contributed by atoms with Crippen molar-refractivity contribution < 1.29 is 27.5 Å². The van der Waals surface area contributed by atoms with Gasteiger partial charge in [-0.2, -0.15) is 0 Å². The molecule has 3 aromatic rings. The number of nitrogens with one attached hydrogen (secondary N) is 1. The molecule has 0 aliphatic rings. The molecule has 1 N–H and O–H groups in total. The summed E-state index contributed by atoms with van der Waals surface area (Å²) in [6.07, 6.45) is 1.67. The van der Waals surface area contributed by atoms with E-state index in [-0.39, 0.29) is 28.8 Å². The summed E-state index contributed by atoms with van der Waals surface area (Å²) in [7, 11) is -1.33. The summed E-state index contributed by atoms with van der Waals surface area (Å²) >= 11 is 12.3. The lowest BCUT2D eigenvalue weighted by atomic mass is 10.1. The van der Waals surface area contributed by atoms with E-state index in [2.05, 4.69) is 5.32 Å². The summed E-state index contributed by atoms with van der Waals surface area (Å²) < 4.78 is 39.6. The van der Waals surface area contributed by atoms with Crippen molar-refractivity contribution in [3.05, 3.63) is 82.3 Å². The zero-order valence-electron chi connectivity index (χ0n) is 24.0. The van der Waals surface area contributed by atoms with Crippen LogP contribution in [0.1, 0.15) is 32.3 Å². The SMILES string of the molecule is CCCCNC(=O)C(C)N(Cc1ccc(Cl)c(Cl)c1)C(=O)CN(c1ccc(OC)c(OC)c1)S(=O)(=O)c1ccccc1. The number of rotatable bonds is 14. The number of unbranched alkanes of at least 4 members (excludes halogenated alkanes) is 1. The largest absolute Gasteiger partial charge is 0.493 e. The van der Waals surface area contributed by atoms with Crippen LogP contribution in [0.4, 0.5) is 5.69 Å². The Morgan fingerprint density at radius 1 is 0.929 bits per heavy atom. The van der Waals surface area contributed by atoms with Crippen molar-refractivity contribution in [3.63, 3.8) is 0 Å². The Morgan fingerprint density at radius 3 is 2.24 bits per heavy atom. The number of ether oxygens (including phenoxy) is 2. The van der Waals surface area contributed by atoms with Gasteiger partial charge in [-0.25, -0.2) is 8.42 Å². The van der Waals surface area contributed by atoms with Gasteiger partial charge in [0, 0.05) is 19.2 Å². The molecule has 2 amide bonds. The van der Waals surface area contributed by atoms with Crippen LogP contribution < -0.4 is 19.1 Å². The number of anilines is 1. The molecule has 0 aliphatic heterocycles. The van der Waals surface area contributed by atoms with Crippen molar-refractivity contribution in [1.82, 2.24) is 10.2 Å². The van der Waals surface area contributed by atoms with Gasteiger partial charge in [-0.1, -0.05) is 60.8 Å². The number of halogens is 2. The quantitative estimate of drug-likeness (QED) is 0.233. The van der Waals surface area contributed by atoms with Crippen molar-refractivity contribution in [2.24, 2.45) is 0 Å². The average molecular weight is 637 g/mol. The smallest absolute Gasteiger partial charge is 0.264 e. The first kappa shape index (κ1) is 33.0. The van der Waals surface area contributed by atoms with Gasteiger partial charge in [0.05, 0.1) is 34.8 Å². The van der Waals surface area contributed by atoms with E-state index in [0.29, 0.717) is 27.9 Å².